The van der Waals surface area contributed by atoms with Gasteiger partial charge in [-0.2, -0.15) is 18.3 Å². The van der Waals surface area contributed by atoms with Gasteiger partial charge in [-0.15, -0.1) is 0 Å². The van der Waals surface area contributed by atoms with E-state index in [-0.39, 0.29) is 22.3 Å². The first kappa shape index (κ1) is 19.7. The second-order valence-corrected chi connectivity index (χ2v) is 7.20. The maximum atomic E-state index is 12.7. The second-order valence-electron chi connectivity index (χ2n) is 6.82. The van der Waals surface area contributed by atoms with E-state index in [4.69, 9.17) is 11.6 Å². The van der Waals surface area contributed by atoms with Crippen molar-refractivity contribution < 1.29 is 18.0 Å². The van der Waals surface area contributed by atoms with Gasteiger partial charge in [0, 0.05) is 11.9 Å². The zero-order valence-electron chi connectivity index (χ0n) is 15.1. The van der Waals surface area contributed by atoms with E-state index in [9.17, 15) is 18.0 Å². The van der Waals surface area contributed by atoms with Crippen LogP contribution in [0.5, 0.6) is 0 Å². The number of rotatable bonds is 3. The van der Waals surface area contributed by atoms with Crippen LogP contribution in [0.2, 0.25) is 5.02 Å². The lowest BCUT2D eigenvalue weighted by Crippen LogP contribution is -2.29. The molecule has 1 aliphatic rings. The van der Waals surface area contributed by atoms with Crippen molar-refractivity contribution in [3.8, 4) is 0 Å². The molecule has 2 aromatic heterocycles. The van der Waals surface area contributed by atoms with Crippen molar-refractivity contribution in [2.45, 2.75) is 25.1 Å². The van der Waals surface area contributed by atoms with E-state index in [0.29, 0.717) is 11.0 Å². The second kappa shape index (κ2) is 7.64. The van der Waals surface area contributed by atoms with Crippen LogP contribution in [0.1, 0.15) is 34.8 Å². The summed E-state index contributed by atoms with van der Waals surface area (Å²) in [6.07, 6.45) is 0.360. The van der Waals surface area contributed by atoms with Gasteiger partial charge >= 0.3 is 6.18 Å². The summed E-state index contributed by atoms with van der Waals surface area (Å²) < 4.78 is 39.8. The molecule has 0 atom stereocenters. The Morgan fingerprint density at radius 2 is 1.86 bits per heavy atom. The number of halogens is 4. The number of carbonyl (C=O) groups is 1. The van der Waals surface area contributed by atoms with E-state index in [1.165, 1.54) is 18.3 Å². The van der Waals surface area contributed by atoms with Gasteiger partial charge in [0.2, 0.25) is 0 Å². The Bertz CT molecular complexity index is 1040. The number of aromatic nitrogens is 3. The maximum Gasteiger partial charge on any atom is 0.416 e. The Morgan fingerprint density at radius 1 is 1.17 bits per heavy atom. The van der Waals surface area contributed by atoms with Gasteiger partial charge < -0.3 is 10.6 Å². The van der Waals surface area contributed by atoms with E-state index >= 15 is 0 Å². The lowest BCUT2D eigenvalue weighted by Gasteiger charge is -2.23. The van der Waals surface area contributed by atoms with E-state index in [1.807, 2.05) is 4.68 Å². The van der Waals surface area contributed by atoms with Gasteiger partial charge in [0.05, 0.1) is 33.8 Å². The van der Waals surface area contributed by atoms with Gasteiger partial charge in [-0.05, 0) is 50.2 Å². The summed E-state index contributed by atoms with van der Waals surface area (Å²) in [5.41, 5.74) is 0.170. The number of hydrogen-bond donors (Lipinski definition) is 2. The molecule has 0 bridgehead atoms. The molecule has 1 amide bonds. The van der Waals surface area contributed by atoms with Gasteiger partial charge in [-0.1, -0.05) is 11.6 Å². The molecule has 0 saturated carbocycles. The summed E-state index contributed by atoms with van der Waals surface area (Å²) in [6.45, 7) is 1.79. The normalized spacial score (nSPS) is 15.6. The summed E-state index contributed by atoms with van der Waals surface area (Å²) in [6, 6.07) is 4.40. The van der Waals surface area contributed by atoms with Crippen LogP contribution in [0.25, 0.3) is 11.0 Å². The summed E-state index contributed by atoms with van der Waals surface area (Å²) >= 11 is 6.42. The number of nitrogens with one attached hydrogen (secondary N) is 2. The smallest absolute Gasteiger partial charge is 0.322 e. The highest BCUT2D eigenvalue weighted by Crippen LogP contribution is 2.31. The lowest BCUT2D eigenvalue weighted by atomic mass is 10.1. The van der Waals surface area contributed by atoms with E-state index in [1.54, 1.807) is 6.20 Å². The molecule has 4 rings (SSSR count). The predicted molar refractivity (Wildman–Crippen MR) is 103 cm³/mol. The van der Waals surface area contributed by atoms with Crippen LogP contribution in [0.3, 0.4) is 0 Å². The molecule has 6 nitrogen and oxygen atoms in total. The minimum Gasteiger partial charge on any atom is -0.322 e. The van der Waals surface area contributed by atoms with Gasteiger partial charge in [0.1, 0.15) is 0 Å². The summed E-state index contributed by atoms with van der Waals surface area (Å²) in [5, 5.41) is 11.0. The van der Waals surface area contributed by atoms with Crippen molar-refractivity contribution in [1.82, 2.24) is 20.1 Å². The maximum absolute atomic E-state index is 12.7. The summed E-state index contributed by atoms with van der Waals surface area (Å²) in [7, 11) is 0. The molecular formula is C19H17ClF3N5O. The van der Waals surface area contributed by atoms with Crippen molar-refractivity contribution >= 4 is 34.2 Å². The predicted octanol–water partition coefficient (Wildman–Crippen LogP) is 4.28. The van der Waals surface area contributed by atoms with Crippen molar-refractivity contribution in [1.29, 1.82) is 0 Å². The number of carbonyl (C=O) groups excluding carboxylic acids is 1. The number of piperidine rings is 1. The minimum atomic E-state index is -4.44. The molecule has 0 radical (unpaired) electrons. The molecule has 1 aromatic carbocycles. The van der Waals surface area contributed by atoms with Crippen LogP contribution in [0.15, 0.2) is 36.7 Å². The standard InChI is InChI=1S/C19H17ClF3N5O/c20-16-14-10-26-28(13-5-7-24-8-6-13)17(14)25-9-15(16)18(29)27-12-3-1-11(2-4-12)19(21,22)23/h1-4,9-10,13,24H,5-8H2,(H,27,29). The number of amides is 1. The SMILES string of the molecule is O=C(Nc1ccc(C(F)(F)F)cc1)c1cnc2c(cnn2C2CCNCC2)c1Cl. The minimum absolute atomic E-state index is 0.129. The topological polar surface area (TPSA) is 71.8 Å². The number of benzene rings is 1. The third kappa shape index (κ3) is 3.92. The Morgan fingerprint density at radius 3 is 2.52 bits per heavy atom. The largest absolute Gasteiger partial charge is 0.416 e. The van der Waals surface area contributed by atoms with Gasteiger partial charge in [-0.3, -0.25) is 4.79 Å². The Balaban J connectivity index is 1.57. The molecule has 1 saturated heterocycles. The molecule has 3 aromatic rings. The van der Waals surface area contributed by atoms with Crippen LogP contribution in [-0.2, 0) is 6.18 Å². The number of hydrogen-bond acceptors (Lipinski definition) is 4. The van der Waals surface area contributed by atoms with Gasteiger partial charge in [0.15, 0.2) is 5.65 Å². The summed E-state index contributed by atoms with van der Waals surface area (Å²) in [4.78, 5) is 16.9. The molecule has 3 heterocycles. The molecule has 29 heavy (non-hydrogen) atoms. The third-order valence-electron chi connectivity index (χ3n) is 4.93. The van der Waals surface area contributed by atoms with Gasteiger partial charge in [-0.25, -0.2) is 9.67 Å². The highest BCUT2D eigenvalue weighted by atomic mass is 35.5. The number of fused-ring (bicyclic) bond motifs is 1. The fraction of sp³-hybridized carbons (Fsp3) is 0.316. The Labute approximate surface area is 169 Å². The molecular weight excluding hydrogens is 407 g/mol. The lowest BCUT2D eigenvalue weighted by molar-refractivity contribution is -0.137. The van der Waals surface area contributed by atoms with E-state index in [0.717, 1.165) is 38.1 Å². The quantitative estimate of drug-likeness (QED) is 0.659. The average Bonchev–Trinajstić information content (AvgIpc) is 3.13. The van der Waals surface area contributed by atoms with Gasteiger partial charge in [0.25, 0.3) is 5.91 Å². The first-order valence-electron chi connectivity index (χ1n) is 9.05. The van der Waals surface area contributed by atoms with Crippen molar-refractivity contribution in [2.24, 2.45) is 0 Å². The fourth-order valence-corrected chi connectivity index (χ4v) is 3.65. The molecule has 152 valence electrons. The van der Waals surface area contributed by atoms with Crippen molar-refractivity contribution in [3.05, 3.63) is 52.8 Å². The van der Waals surface area contributed by atoms with Crippen LogP contribution >= 0.6 is 11.6 Å². The third-order valence-corrected chi connectivity index (χ3v) is 5.33. The van der Waals surface area contributed by atoms with Crippen LogP contribution < -0.4 is 10.6 Å². The van der Waals surface area contributed by atoms with E-state index in [2.05, 4.69) is 20.7 Å². The number of nitrogens with zero attached hydrogens (tertiary/aromatic N) is 3. The summed E-state index contributed by atoms with van der Waals surface area (Å²) in [5.74, 6) is -0.557. The molecule has 10 heteroatoms. The monoisotopic (exact) mass is 423 g/mol. The zero-order valence-corrected chi connectivity index (χ0v) is 15.9. The molecule has 0 unspecified atom stereocenters. The fourth-order valence-electron chi connectivity index (χ4n) is 3.38. The van der Waals surface area contributed by atoms with Crippen LogP contribution in [0, 0.1) is 0 Å². The number of alkyl halides is 3. The first-order valence-corrected chi connectivity index (χ1v) is 9.43. The van der Waals surface area contributed by atoms with Crippen molar-refractivity contribution in [2.75, 3.05) is 18.4 Å². The number of pyridine rings is 1. The first-order chi connectivity index (χ1) is 13.8. The van der Waals surface area contributed by atoms with Crippen LogP contribution in [0.4, 0.5) is 18.9 Å². The Hall–Kier alpha value is -2.65. The molecule has 0 spiro atoms. The zero-order chi connectivity index (χ0) is 20.6. The molecule has 1 fully saturated rings. The molecule has 1 aliphatic heterocycles. The Kier molecular flexibility index (Phi) is 5.18. The highest BCUT2D eigenvalue weighted by Gasteiger charge is 2.30. The van der Waals surface area contributed by atoms with E-state index < -0.39 is 17.6 Å². The van der Waals surface area contributed by atoms with Crippen molar-refractivity contribution in [3.63, 3.8) is 0 Å². The molecule has 0 aliphatic carbocycles. The highest BCUT2D eigenvalue weighted by molar-refractivity contribution is 6.38. The molecule has 2 N–H and O–H groups in total. The van der Waals surface area contributed by atoms with Crippen LogP contribution in [-0.4, -0.2) is 33.8 Å². The average molecular weight is 424 g/mol. The number of anilines is 1.